The van der Waals surface area contributed by atoms with Gasteiger partial charge >= 0.3 is 0 Å². The van der Waals surface area contributed by atoms with Crippen LogP contribution < -0.4 is 11.1 Å². The van der Waals surface area contributed by atoms with E-state index < -0.39 is 0 Å². The summed E-state index contributed by atoms with van der Waals surface area (Å²) < 4.78 is 1.98. The number of nitrogens with two attached hydrogens (primary N) is 1. The zero-order chi connectivity index (χ0) is 13.8. The second-order valence-electron chi connectivity index (χ2n) is 5.56. The molecule has 5 nitrogen and oxygen atoms in total. The molecule has 1 amide bonds. The first-order chi connectivity index (χ1) is 9.06. The largest absolute Gasteiger partial charge is 0.356 e. The van der Waals surface area contributed by atoms with E-state index >= 15 is 0 Å². The van der Waals surface area contributed by atoms with Crippen molar-refractivity contribution in [3.8, 4) is 0 Å². The Balaban J connectivity index is 1.60. The van der Waals surface area contributed by atoms with Crippen molar-refractivity contribution in [1.29, 1.82) is 0 Å². The van der Waals surface area contributed by atoms with Crippen LogP contribution in [0.4, 0.5) is 0 Å². The molecular weight excluding hydrogens is 240 g/mol. The minimum atomic E-state index is 0.0519. The fourth-order valence-corrected chi connectivity index (χ4v) is 2.34. The van der Waals surface area contributed by atoms with Gasteiger partial charge in [-0.25, -0.2) is 0 Å². The molecule has 0 saturated heterocycles. The molecule has 1 aromatic rings. The van der Waals surface area contributed by atoms with Gasteiger partial charge in [0.25, 0.3) is 0 Å². The van der Waals surface area contributed by atoms with Crippen LogP contribution >= 0.6 is 0 Å². The van der Waals surface area contributed by atoms with Crippen molar-refractivity contribution in [2.75, 3.05) is 6.54 Å². The van der Waals surface area contributed by atoms with Crippen molar-refractivity contribution < 1.29 is 4.79 Å². The summed E-state index contributed by atoms with van der Waals surface area (Å²) in [5, 5.41) is 7.32. The molecule has 0 radical (unpaired) electrons. The average Bonchev–Trinajstić information content (AvgIpc) is 3.12. The SMILES string of the molecule is Cc1cc(C)n(CCCNC(=O)CC(N)C2CC2)n1. The third-order valence-corrected chi connectivity index (χ3v) is 3.62. The summed E-state index contributed by atoms with van der Waals surface area (Å²) in [5.41, 5.74) is 8.13. The van der Waals surface area contributed by atoms with E-state index in [0.717, 1.165) is 18.7 Å². The molecule has 0 spiro atoms. The van der Waals surface area contributed by atoms with Crippen molar-refractivity contribution in [1.82, 2.24) is 15.1 Å². The van der Waals surface area contributed by atoms with Crippen LogP contribution in [0.2, 0.25) is 0 Å². The second kappa shape index (κ2) is 6.19. The lowest BCUT2D eigenvalue weighted by atomic mass is 10.1. The Morgan fingerprint density at radius 1 is 1.58 bits per heavy atom. The number of carbonyl (C=O) groups is 1. The number of hydrogen-bond acceptors (Lipinski definition) is 3. The van der Waals surface area contributed by atoms with Gasteiger partial charge in [-0.3, -0.25) is 9.48 Å². The summed E-state index contributed by atoms with van der Waals surface area (Å²) in [6.45, 7) is 5.57. The summed E-state index contributed by atoms with van der Waals surface area (Å²) in [5.74, 6) is 0.660. The van der Waals surface area contributed by atoms with E-state index in [4.69, 9.17) is 5.73 Å². The minimum Gasteiger partial charge on any atom is -0.356 e. The van der Waals surface area contributed by atoms with Gasteiger partial charge in [-0.15, -0.1) is 0 Å². The monoisotopic (exact) mass is 264 g/mol. The van der Waals surface area contributed by atoms with E-state index in [0.29, 0.717) is 18.9 Å². The first-order valence-electron chi connectivity index (χ1n) is 7.09. The molecule has 1 aliphatic carbocycles. The van der Waals surface area contributed by atoms with Crippen LogP contribution in [0, 0.1) is 19.8 Å². The van der Waals surface area contributed by atoms with Gasteiger partial charge < -0.3 is 11.1 Å². The van der Waals surface area contributed by atoms with Crippen LogP contribution in [0.25, 0.3) is 0 Å². The van der Waals surface area contributed by atoms with Crippen LogP contribution in [0.1, 0.15) is 37.1 Å². The molecule has 19 heavy (non-hydrogen) atoms. The highest BCUT2D eigenvalue weighted by Gasteiger charge is 2.29. The molecule has 1 atom stereocenters. The normalized spacial score (nSPS) is 16.4. The molecule has 0 aliphatic heterocycles. The number of nitrogens with one attached hydrogen (secondary N) is 1. The molecule has 1 fully saturated rings. The Kier molecular flexibility index (Phi) is 4.58. The summed E-state index contributed by atoms with van der Waals surface area (Å²) in [4.78, 5) is 11.7. The van der Waals surface area contributed by atoms with Gasteiger partial charge in [0.05, 0.1) is 5.69 Å². The smallest absolute Gasteiger partial charge is 0.221 e. The van der Waals surface area contributed by atoms with Crippen LogP contribution in [-0.4, -0.2) is 28.3 Å². The summed E-state index contributed by atoms with van der Waals surface area (Å²) in [6.07, 6.45) is 3.73. The highest BCUT2D eigenvalue weighted by Crippen LogP contribution is 2.32. The number of rotatable bonds is 7. The zero-order valence-electron chi connectivity index (χ0n) is 11.9. The Morgan fingerprint density at radius 2 is 2.32 bits per heavy atom. The number of amides is 1. The van der Waals surface area contributed by atoms with Gasteiger partial charge in [0.15, 0.2) is 0 Å². The van der Waals surface area contributed by atoms with Crippen molar-refractivity contribution in [3.63, 3.8) is 0 Å². The lowest BCUT2D eigenvalue weighted by Crippen LogP contribution is -2.33. The number of carbonyl (C=O) groups excluding carboxylic acids is 1. The van der Waals surface area contributed by atoms with Gasteiger partial charge in [-0.1, -0.05) is 0 Å². The van der Waals surface area contributed by atoms with Crippen molar-refractivity contribution >= 4 is 5.91 Å². The fraction of sp³-hybridized carbons (Fsp3) is 0.714. The van der Waals surface area contributed by atoms with E-state index in [1.165, 1.54) is 18.5 Å². The fourth-order valence-electron chi connectivity index (χ4n) is 2.34. The molecule has 5 heteroatoms. The maximum Gasteiger partial charge on any atom is 0.221 e. The maximum absolute atomic E-state index is 11.7. The van der Waals surface area contributed by atoms with Gasteiger partial charge in [-0.2, -0.15) is 5.10 Å². The molecule has 0 bridgehead atoms. The minimum absolute atomic E-state index is 0.0519. The molecule has 1 aromatic heterocycles. The van der Waals surface area contributed by atoms with Crippen LogP contribution in [-0.2, 0) is 11.3 Å². The standard InChI is InChI=1S/C14H24N4O/c1-10-8-11(2)18(17-10)7-3-6-16-14(19)9-13(15)12-4-5-12/h8,12-13H,3-7,9,15H2,1-2H3,(H,16,19). The van der Waals surface area contributed by atoms with Gasteiger partial charge in [0, 0.05) is 31.2 Å². The predicted octanol–water partition coefficient (Wildman–Crippen LogP) is 1.13. The number of hydrogen-bond donors (Lipinski definition) is 2. The highest BCUT2D eigenvalue weighted by atomic mass is 16.1. The van der Waals surface area contributed by atoms with E-state index in [1.807, 2.05) is 18.5 Å². The zero-order valence-corrected chi connectivity index (χ0v) is 11.9. The molecule has 1 aliphatic rings. The van der Waals surface area contributed by atoms with Crippen LogP contribution in [0.15, 0.2) is 6.07 Å². The van der Waals surface area contributed by atoms with E-state index in [2.05, 4.69) is 16.5 Å². The van der Waals surface area contributed by atoms with Gasteiger partial charge in [0.1, 0.15) is 0 Å². The first kappa shape index (κ1) is 14.1. The lowest BCUT2D eigenvalue weighted by molar-refractivity contribution is -0.121. The molecule has 1 heterocycles. The number of aromatic nitrogens is 2. The average molecular weight is 264 g/mol. The van der Waals surface area contributed by atoms with E-state index in [9.17, 15) is 4.79 Å². The Labute approximate surface area is 114 Å². The van der Waals surface area contributed by atoms with Crippen molar-refractivity contribution in [2.45, 2.75) is 52.1 Å². The molecule has 1 saturated carbocycles. The molecule has 2 rings (SSSR count). The quantitative estimate of drug-likeness (QED) is 0.725. The maximum atomic E-state index is 11.7. The van der Waals surface area contributed by atoms with Crippen molar-refractivity contribution in [2.24, 2.45) is 11.7 Å². The molecule has 3 N–H and O–H groups in total. The number of aryl methyl sites for hydroxylation is 3. The Morgan fingerprint density at radius 3 is 2.89 bits per heavy atom. The summed E-state index contributed by atoms with van der Waals surface area (Å²) in [7, 11) is 0. The molecule has 0 aromatic carbocycles. The van der Waals surface area contributed by atoms with E-state index in [1.54, 1.807) is 0 Å². The van der Waals surface area contributed by atoms with Crippen LogP contribution in [0.3, 0.4) is 0 Å². The molecular formula is C14H24N4O. The highest BCUT2D eigenvalue weighted by molar-refractivity contribution is 5.76. The lowest BCUT2D eigenvalue weighted by Gasteiger charge is -2.10. The Bertz CT molecular complexity index is 437. The second-order valence-corrected chi connectivity index (χ2v) is 5.56. The summed E-state index contributed by atoms with van der Waals surface area (Å²) in [6, 6.07) is 2.11. The third-order valence-electron chi connectivity index (χ3n) is 3.62. The van der Waals surface area contributed by atoms with Crippen molar-refractivity contribution in [3.05, 3.63) is 17.5 Å². The third kappa shape index (κ3) is 4.35. The number of nitrogens with zero attached hydrogens (tertiary/aromatic N) is 2. The first-order valence-corrected chi connectivity index (χ1v) is 7.09. The van der Waals surface area contributed by atoms with Gasteiger partial charge in [-0.05, 0) is 45.1 Å². The van der Waals surface area contributed by atoms with Gasteiger partial charge in [0.2, 0.25) is 5.91 Å². The predicted molar refractivity (Wildman–Crippen MR) is 74.6 cm³/mol. The summed E-state index contributed by atoms with van der Waals surface area (Å²) >= 11 is 0. The molecule has 106 valence electrons. The topological polar surface area (TPSA) is 72.9 Å². The molecule has 1 unspecified atom stereocenters. The Hall–Kier alpha value is -1.36. The van der Waals surface area contributed by atoms with Crippen LogP contribution in [0.5, 0.6) is 0 Å². The van der Waals surface area contributed by atoms with E-state index in [-0.39, 0.29) is 11.9 Å².